The maximum absolute atomic E-state index is 10.1. The minimum absolute atomic E-state index is 0.0823. The summed E-state index contributed by atoms with van der Waals surface area (Å²) in [7, 11) is 1.99. The topological polar surface area (TPSA) is 23.5 Å². The van der Waals surface area contributed by atoms with Crippen LogP contribution in [0.1, 0.15) is 11.5 Å². The predicted octanol–water partition coefficient (Wildman–Crippen LogP) is 3.88. The van der Waals surface area contributed by atoms with Crippen molar-refractivity contribution in [3.05, 3.63) is 35.9 Å². The van der Waals surface area contributed by atoms with Crippen molar-refractivity contribution in [2.24, 2.45) is 0 Å². The molecule has 3 rings (SSSR count). The van der Waals surface area contributed by atoms with Gasteiger partial charge in [-0.3, -0.25) is 0 Å². The van der Waals surface area contributed by atoms with Crippen molar-refractivity contribution in [1.29, 1.82) is 0 Å². The SMILES string of the molecule is CN1C[C@@H](C(Cl)Cl)c2c1cc(O)c1ccccc21. The van der Waals surface area contributed by atoms with Gasteiger partial charge in [0.15, 0.2) is 0 Å². The fraction of sp³-hybridized carbons (Fsp3) is 0.286. The average molecular weight is 282 g/mol. The first-order valence-corrected chi connectivity index (χ1v) is 6.70. The third kappa shape index (κ3) is 1.63. The van der Waals surface area contributed by atoms with Crippen LogP contribution in [0, 0.1) is 0 Å². The van der Waals surface area contributed by atoms with Gasteiger partial charge in [0.05, 0.1) is 0 Å². The quantitative estimate of drug-likeness (QED) is 0.802. The Bertz CT molecular complexity index is 612. The van der Waals surface area contributed by atoms with Gasteiger partial charge in [0.2, 0.25) is 0 Å². The lowest BCUT2D eigenvalue weighted by molar-refractivity contribution is 0.481. The summed E-state index contributed by atoms with van der Waals surface area (Å²) < 4.78 is 0. The summed E-state index contributed by atoms with van der Waals surface area (Å²) in [6.07, 6.45) is 0. The minimum atomic E-state index is -0.443. The first kappa shape index (κ1) is 11.9. The molecule has 2 aromatic rings. The van der Waals surface area contributed by atoms with E-state index in [-0.39, 0.29) is 5.92 Å². The van der Waals surface area contributed by atoms with Gasteiger partial charge in [0.25, 0.3) is 0 Å². The van der Waals surface area contributed by atoms with Crippen molar-refractivity contribution in [2.75, 3.05) is 18.5 Å². The van der Waals surface area contributed by atoms with Gasteiger partial charge < -0.3 is 10.0 Å². The minimum Gasteiger partial charge on any atom is -0.507 e. The van der Waals surface area contributed by atoms with Gasteiger partial charge in [-0.05, 0) is 10.9 Å². The number of anilines is 1. The van der Waals surface area contributed by atoms with Gasteiger partial charge in [-0.25, -0.2) is 0 Å². The van der Waals surface area contributed by atoms with Crippen LogP contribution in [-0.2, 0) is 0 Å². The van der Waals surface area contributed by atoms with Gasteiger partial charge in [0.1, 0.15) is 10.6 Å². The third-order valence-electron chi connectivity index (χ3n) is 3.60. The van der Waals surface area contributed by atoms with Crippen molar-refractivity contribution in [3.8, 4) is 5.75 Å². The highest BCUT2D eigenvalue weighted by Crippen LogP contribution is 2.46. The molecule has 2 nitrogen and oxygen atoms in total. The van der Waals surface area contributed by atoms with Gasteiger partial charge in [-0.15, -0.1) is 23.2 Å². The number of hydrogen-bond donors (Lipinski definition) is 1. The Hall–Kier alpha value is -1.12. The smallest absolute Gasteiger partial charge is 0.125 e. The molecule has 1 atom stereocenters. The molecule has 0 spiro atoms. The molecule has 1 N–H and O–H groups in total. The van der Waals surface area contributed by atoms with Crippen LogP contribution in [0.15, 0.2) is 30.3 Å². The van der Waals surface area contributed by atoms with Gasteiger partial charge in [-0.1, -0.05) is 24.3 Å². The number of fused-ring (bicyclic) bond motifs is 3. The maximum Gasteiger partial charge on any atom is 0.125 e. The number of phenols is 1. The third-order valence-corrected chi connectivity index (χ3v) is 4.21. The van der Waals surface area contributed by atoms with Crippen LogP contribution in [0.4, 0.5) is 5.69 Å². The molecular formula is C14H13Cl2NO. The van der Waals surface area contributed by atoms with Gasteiger partial charge >= 0.3 is 0 Å². The van der Waals surface area contributed by atoms with E-state index in [4.69, 9.17) is 23.2 Å². The monoisotopic (exact) mass is 281 g/mol. The van der Waals surface area contributed by atoms with Crippen LogP contribution in [0.2, 0.25) is 0 Å². The Morgan fingerprint density at radius 2 is 1.94 bits per heavy atom. The van der Waals surface area contributed by atoms with E-state index in [2.05, 4.69) is 4.90 Å². The number of alkyl halides is 2. The first-order valence-electron chi connectivity index (χ1n) is 5.83. The molecule has 0 unspecified atom stereocenters. The van der Waals surface area contributed by atoms with E-state index in [0.29, 0.717) is 5.75 Å². The molecule has 1 aliphatic rings. The van der Waals surface area contributed by atoms with E-state index in [1.54, 1.807) is 6.07 Å². The number of phenolic OH excluding ortho intramolecular Hbond substituents is 1. The highest BCUT2D eigenvalue weighted by molar-refractivity contribution is 6.45. The van der Waals surface area contributed by atoms with E-state index in [1.807, 2.05) is 31.3 Å². The van der Waals surface area contributed by atoms with Crippen LogP contribution in [0.25, 0.3) is 10.8 Å². The molecule has 94 valence electrons. The summed E-state index contributed by atoms with van der Waals surface area (Å²) in [6.45, 7) is 0.778. The molecule has 0 aliphatic carbocycles. The van der Waals surface area contributed by atoms with Crippen molar-refractivity contribution >= 4 is 39.7 Å². The van der Waals surface area contributed by atoms with Crippen LogP contribution in [-0.4, -0.2) is 23.5 Å². The number of hydrogen-bond acceptors (Lipinski definition) is 2. The number of aromatic hydroxyl groups is 1. The molecule has 0 aromatic heterocycles. The molecule has 0 saturated heterocycles. The summed E-state index contributed by atoms with van der Waals surface area (Å²) in [5.41, 5.74) is 2.16. The molecule has 18 heavy (non-hydrogen) atoms. The zero-order chi connectivity index (χ0) is 12.9. The Kier molecular flexibility index (Phi) is 2.80. The van der Waals surface area contributed by atoms with E-state index < -0.39 is 4.84 Å². The molecule has 0 saturated carbocycles. The second-order valence-electron chi connectivity index (χ2n) is 4.70. The molecule has 0 bridgehead atoms. The molecule has 0 radical (unpaired) electrons. The van der Waals surface area contributed by atoms with Crippen molar-refractivity contribution in [1.82, 2.24) is 0 Å². The van der Waals surface area contributed by atoms with Gasteiger partial charge in [0, 0.05) is 36.7 Å². The van der Waals surface area contributed by atoms with E-state index in [9.17, 15) is 5.11 Å². The summed E-state index contributed by atoms with van der Waals surface area (Å²) in [6, 6.07) is 9.61. The molecule has 2 aromatic carbocycles. The van der Waals surface area contributed by atoms with Crippen LogP contribution < -0.4 is 4.90 Å². The Balaban J connectivity index is 2.36. The molecule has 0 amide bonds. The Morgan fingerprint density at radius 3 is 2.61 bits per heavy atom. The summed E-state index contributed by atoms with van der Waals surface area (Å²) in [4.78, 5) is 1.64. The molecular weight excluding hydrogens is 269 g/mol. The maximum atomic E-state index is 10.1. The first-order chi connectivity index (χ1) is 8.59. The standard InChI is InChI=1S/C14H13Cl2NO/c1-17-7-10(14(15)16)13-9-5-3-2-4-8(9)12(18)6-11(13)17/h2-6,10,14,18H,7H2,1H3/t10-/m1/s1. The lowest BCUT2D eigenvalue weighted by Gasteiger charge is -2.14. The summed E-state index contributed by atoms with van der Waals surface area (Å²) in [5.74, 6) is 0.386. The zero-order valence-corrected chi connectivity index (χ0v) is 11.4. The van der Waals surface area contributed by atoms with Crippen molar-refractivity contribution < 1.29 is 5.11 Å². The number of benzene rings is 2. The second kappa shape index (κ2) is 4.22. The summed E-state index contributed by atoms with van der Waals surface area (Å²) >= 11 is 12.2. The fourth-order valence-corrected chi connectivity index (χ4v) is 3.17. The summed E-state index contributed by atoms with van der Waals surface area (Å²) in [5, 5.41) is 12.0. The average Bonchev–Trinajstić information content (AvgIpc) is 2.68. The number of likely N-dealkylation sites (N-methyl/N-ethyl adjacent to an activating group) is 1. The highest BCUT2D eigenvalue weighted by Gasteiger charge is 2.33. The van der Waals surface area contributed by atoms with E-state index >= 15 is 0 Å². The number of rotatable bonds is 1. The van der Waals surface area contributed by atoms with Gasteiger partial charge in [-0.2, -0.15) is 0 Å². The number of halogens is 2. The Labute approximate surface area is 116 Å². The van der Waals surface area contributed by atoms with Crippen LogP contribution in [0.5, 0.6) is 5.75 Å². The van der Waals surface area contributed by atoms with Crippen LogP contribution in [0.3, 0.4) is 0 Å². The zero-order valence-electron chi connectivity index (χ0n) is 9.90. The van der Waals surface area contributed by atoms with Crippen molar-refractivity contribution in [2.45, 2.75) is 10.8 Å². The lowest BCUT2D eigenvalue weighted by Crippen LogP contribution is -2.18. The normalized spacial score (nSPS) is 18.7. The molecule has 1 heterocycles. The second-order valence-corrected chi connectivity index (χ2v) is 5.86. The largest absolute Gasteiger partial charge is 0.507 e. The van der Waals surface area contributed by atoms with Crippen LogP contribution >= 0.6 is 23.2 Å². The van der Waals surface area contributed by atoms with E-state index in [1.165, 1.54) is 0 Å². The van der Waals surface area contributed by atoms with Crippen molar-refractivity contribution in [3.63, 3.8) is 0 Å². The Morgan fingerprint density at radius 1 is 1.28 bits per heavy atom. The fourth-order valence-electron chi connectivity index (χ4n) is 2.76. The predicted molar refractivity (Wildman–Crippen MR) is 77.1 cm³/mol. The number of nitrogens with zero attached hydrogens (tertiary/aromatic N) is 1. The molecule has 1 aliphatic heterocycles. The molecule has 4 heteroatoms. The molecule has 0 fully saturated rings. The van der Waals surface area contributed by atoms with E-state index in [0.717, 1.165) is 28.6 Å². The highest BCUT2D eigenvalue weighted by atomic mass is 35.5. The lowest BCUT2D eigenvalue weighted by atomic mass is 9.95.